The Hall–Kier alpha value is -0.350. The number of methoxy groups -OCH3 is 1. The topological polar surface area (TPSA) is 21.3 Å². The van der Waals surface area contributed by atoms with Gasteiger partial charge in [-0.15, -0.1) is 0 Å². The molecule has 5 heteroatoms. The van der Waals surface area contributed by atoms with Gasteiger partial charge in [-0.25, -0.2) is 4.39 Å². The molecule has 3 atom stereocenters. The first-order chi connectivity index (χ1) is 9.01. The van der Waals surface area contributed by atoms with E-state index in [1.807, 2.05) is 6.92 Å². The molecule has 0 amide bonds. The third-order valence-electron chi connectivity index (χ3n) is 3.71. The van der Waals surface area contributed by atoms with Crippen molar-refractivity contribution in [2.45, 2.75) is 44.4 Å². The number of nitrogens with one attached hydrogen (secondary N) is 1. The lowest BCUT2D eigenvalue weighted by atomic mass is 10.1. The molecule has 1 aliphatic carbocycles. The summed E-state index contributed by atoms with van der Waals surface area (Å²) in [4.78, 5) is 0. The predicted octanol–water partition coefficient (Wildman–Crippen LogP) is 4.35. The largest absolute Gasteiger partial charge is 0.381 e. The maximum atomic E-state index is 13.5. The van der Waals surface area contributed by atoms with Crippen molar-refractivity contribution in [2.75, 3.05) is 7.11 Å². The van der Waals surface area contributed by atoms with Crippen LogP contribution in [0.3, 0.4) is 0 Å². The van der Waals surface area contributed by atoms with Gasteiger partial charge in [-0.1, -0.05) is 23.2 Å². The van der Waals surface area contributed by atoms with E-state index < -0.39 is 5.82 Å². The Morgan fingerprint density at radius 1 is 1.32 bits per heavy atom. The highest BCUT2D eigenvalue weighted by Crippen LogP contribution is 2.30. The van der Waals surface area contributed by atoms with Gasteiger partial charge in [-0.2, -0.15) is 0 Å². The van der Waals surface area contributed by atoms with Crippen molar-refractivity contribution in [3.63, 3.8) is 0 Å². The highest BCUT2D eigenvalue weighted by Gasteiger charge is 2.26. The zero-order valence-corrected chi connectivity index (χ0v) is 12.6. The maximum Gasteiger partial charge on any atom is 0.142 e. The van der Waals surface area contributed by atoms with E-state index in [0.717, 1.165) is 24.8 Å². The molecule has 1 aliphatic rings. The van der Waals surface area contributed by atoms with E-state index in [-0.39, 0.29) is 11.1 Å². The quantitative estimate of drug-likeness (QED) is 0.835. The minimum Gasteiger partial charge on any atom is -0.381 e. The molecule has 1 aromatic rings. The Morgan fingerprint density at radius 2 is 2.05 bits per heavy atom. The minimum atomic E-state index is -0.434. The van der Waals surface area contributed by atoms with Crippen LogP contribution in [0.25, 0.3) is 0 Å². The smallest absolute Gasteiger partial charge is 0.142 e. The van der Waals surface area contributed by atoms with Gasteiger partial charge < -0.3 is 10.1 Å². The number of ether oxygens (including phenoxy) is 1. The highest BCUT2D eigenvalue weighted by molar-refractivity contribution is 6.35. The number of hydrogen-bond donors (Lipinski definition) is 1. The van der Waals surface area contributed by atoms with Gasteiger partial charge in [0.1, 0.15) is 5.82 Å². The summed E-state index contributed by atoms with van der Waals surface area (Å²) in [5.41, 5.74) is 0.740. The van der Waals surface area contributed by atoms with E-state index in [0.29, 0.717) is 17.2 Å². The van der Waals surface area contributed by atoms with Crippen LogP contribution in [-0.2, 0) is 4.74 Å². The van der Waals surface area contributed by atoms with Crippen molar-refractivity contribution in [1.29, 1.82) is 0 Å². The molecule has 0 aliphatic heterocycles. The predicted molar refractivity (Wildman–Crippen MR) is 76.4 cm³/mol. The average Bonchev–Trinajstić information content (AvgIpc) is 2.81. The fraction of sp³-hybridized carbons (Fsp3) is 0.571. The molecule has 2 nitrogen and oxygen atoms in total. The van der Waals surface area contributed by atoms with Gasteiger partial charge in [-0.3, -0.25) is 0 Å². The second-order valence-corrected chi connectivity index (χ2v) is 5.86. The molecule has 1 saturated carbocycles. The van der Waals surface area contributed by atoms with Gasteiger partial charge in [0.25, 0.3) is 0 Å². The molecule has 0 aromatic heterocycles. The first kappa shape index (κ1) is 15.0. The molecule has 19 heavy (non-hydrogen) atoms. The van der Waals surface area contributed by atoms with Crippen molar-refractivity contribution in [1.82, 2.24) is 5.32 Å². The van der Waals surface area contributed by atoms with E-state index in [1.54, 1.807) is 7.11 Å². The second kappa shape index (κ2) is 6.40. The fourth-order valence-corrected chi connectivity index (χ4v) is 3.17. The SMILES string of the molecule is COC1CCC(NC(C)c2cc(F)c(Cl)cc2Cl)C1. The Morgan fingerprint density at radius 3 is 2.68 bits per heavy atom. The van der Waals surface area contributed by atoms with E-state index in [1.165, 1.54) is 12.1 Å². The molecule has 2 rings (SSSR count). The van der Waals surface area contributed by atoms with E-state index in [2.05, 4.69) is 5.32 Å². The summed E-state index contributed by atoms with van der Waals surface area (Å²) in [5, 5.41) is 4.02. The molecule has 3 unspecified atom stereocenters. The number of hydrogen-bond acceptors (Lipinski definition) is 2. The molecule has 0 heterocycles. The van der Waals surface area contributed by atoms with Crippen LogP contribution in [0.15, 0.2) is 12.1 Å². The molecule has 0 bridgehead atoms. The zero-order valence-electron chi connectivity index (χ0n) is 11.1. The van der Waals surface area contributed by atoms with Crippen LogP contribution in [0.5, 0.6) is 0 Å². The van der Waals surface area contributed by atoms with Crippen LogP contribution in [0.2, 0.25) is 10.0 Å². The Balaban J connectivity index is 2.04. The lowest BCUT2D eigenvalue weighted by Crippen LogP contribution is -2.30. The Kier molecular flexibility index (Phi) is 5.07. The molecular formula is C14H18Cl2FNO. The summed E-state index contributed by atoms with van der Waals surface area (Å²) >= 11 is 11.8. The van der Waals surface area contributed by atoms with Crippen LogP contribution < -0.4 is 5.32 Å². The second-order valence-electron chi connectivity index (χ2n) is 5.04. The van der Waals surface area contributed by atoms with Gasteiger partial charge in [-0.05, 0) is 43.9 Å². The number of benzene rings is 1. The molecule has 106 valence electrons. The van der Waals surface area contributed by atoms with Crippen molar-refractivity contribution < 1.29 is 9.13 Å². The van der Waals surface area contributed by atoms with E-state index in [4.69, 9.17) is 27.9 Å². The van der Waals surface area contributed by atoms with Crippen LogP contribution in [-0.4, -0.2) is 19.3 Å². The Bertz CT molecular complexity index is 455. The van der Waals surface area contributed by atoms with Gasteiger partial charge in [0.15, 0.2) is 0 Å². The van der Waals surface area contributed by atoms with Gasteiger partial charge in [0, 0.05) is 24.2 Å². The molecule has 1 aromatic carbocycles. The first-order valence-electron chi connectivity index (χ1n) is 6.44. The number of rotatable bonds is 4. The maximum absolute atomic E-state index is 13.5. The average molecular weight is 306 g/mol. The zero-order chi connectivity index (χ0) is 14.0. The first-order valence-corrected chi connectivity index (χ1v) is 7.20. The standard InChI is InChI=1S/C14H18Cl2FNO/c1-8(18-9-3-4-10(5-9)19-2)11-6-14(17)13(16)7-12(11)15/h6-10,18H,3-5H2,1-2H3. The molecular weight excluding hydrogens is 288 g/mol. The third-order valence-corrected chi connectivity index (χ3v) is 4.33. The molecule has 0 radical (unpaired) electrons. The number of halogens is 3. The van der Waals surface area contributed by atoms with Crippen LogP contribution in [0.4, 0.5) is 4.39 Å². The summed E-state index contributed by atoms with van der Waals surface area (Å²) in [7, 11) is 1.74. The van der Waals surface area contributed by atoms with Gasteiger partial charge in [0.05, 0.1) is 11.1 Å². The monoisotopic (exact) mass is 305 g/mol. The lowest BCUT2D eigenvalue weighted by molar-refractivity contribution is 0.106. The van der Waals surface area contributed by atoms with E-state index in [9.17, 15) is 4.39 Å². The van der Waals surface area contributed by atoms with Crippen molar-refractivity contribution in [3.8, 4) is 0 Å². The highest BCUT2D eigenvalue weighted by atomic mass is 35.5. The van der Waals surface area contributed by atoms with Gasteiger partial charge >= 0.3 is 0 Å². The third kappa shape index (κ3) is 3.60. The normalized spacial score (nSPS) is 24.7. The van der Waals surface area contributed by atoms with Gasteiger partial charge in [0.2, 0.25) is 0 Å². The minimum absolute atomic E-state index is 0.0140. The van der Waals surface area contributed by atoms with Crippen LogP contribution >= 0.6 is 23.2 Å². The van der Waals surface area contributed by atoms with Crippen LogP contribution in [0, 0.1) is 5.82 Å². The molecule has 0 spiro atoms. The van der Waals surface area contributed by atoms with E-state index >= 15 is 0 Å². The van der Waals surface area contributed by atoms with Crippen molar-refractivity contribution in [2.24, 2.45) is 0 Å². The lowest BCUT2D eigenvalue weighted by Gasteiger charge is -2.21. The summed E-state index contributed by atoms with van der Waals surface area (Å²) in [6.45, 7) is 1.98. The van der Waals surface area contributed by atoms with Crippen molar-refractivity contribution in [3.05, 3.63) is 33.6 Å². The molecule has 1 N–H and O–H groups in total. The van der Waals surface area contributed by atoms with Crippen molar-refractivity contribution >= 4 is 23.2 Å². The summed E-state index contributed by atoms with van der Waals surface area (Å²) in [6, 6.07) is 3.23. The summed E-state index contributed by atoms with van der Waals surface area (Å²) < 4.78 is 18.9. The summed E-state index contributed by atoms with van der Waals surface area (Å²) in [5.74, 6) is -0.434. The van der Waals surface area contributed by atoms with Crippen LogP contribution in [0.1, 0.15) is 37.8 Å². The summed E-state index contributed by atoms with van der Waals surface area (Å²) in [6.07, 6.45) is 3.43. The molecule has 1 fully saturated rings. The molecule has 0 saturated heterocycles. The fourth-order valence-electron chi connectivity index (χ4n) is 2.62. The Labute approximate surface area is 123 Å².